The summed E-state index contributed by atoms with van der Waals surface area (Å²) in [6, 6.07) is 7.55. The number of benzene rings is 1. The molecule has 6 heteroatoms. The third kappa shape index (κ3) is 8.21. The van der Waals surface area contributed by atoms with Crippen molar-refractivity contribution in [1.29, 1.82) is 0 Å². The summed E-state index contributed by atoms with van der Waals surface area (Å²) in [4.78, 5) is 11.8. The Hall–Kier alpha value is -2.08. The van der Waals surface area contributed by atoms with Crippen LogP contribution in [0.5, 0.6) is 5.75 Å². The van der Waals surface area contributed by atoms with E-state index in [0.717, 1.165) is 24.3 Å². The van der Waals surface area contributed by atoms with Crippen LogP contribution in [0.1, 0.15) is 32.8 Å². The monoisotopic (exact) mass is 335 g/mol. The van der Waals surface area contributed by atoms with Gasteiger partial charge in [0.25, 0.3) is 5.91 Å². The van der Waals surface area contributed by atoms with Crippen molar-refractivity contribution in [3.63, 3.8) is 0 Å². The van der Waals surface area contributed by atoms with Gasteiger partial charge < -0.3 is 10.1 Å². The standard InChI is InChI=1S/C17H25N3O2S/c1-4-22-15-8-6-5-7-14(15)9-10-16(21)19-20-17(23)18-12-11-13(2)3/h5-10,13H,4,11-12H2,1-3H3,(H,19,21)(H2,18,20,23)/b10-9+. The molecule has 0 aliphatic rings. The van der Waals surface area contributed by atoms with Crippen molar-refractivity contribution in [2.45, 2.75) is 27.2 Å². The van der Waals surface area contributed by atoms with Gasteiger partial charge in [0.1, 0.15) is 5.75 Å². The molecule has 0 radical (unpaired) electrons. The lowest BCUT2D eigenvalue weighted by Crippen LogP contribution is -2.46. The van der Waals surface area contributed by atoms with Gasteiger partial charge in [0.15, 0.2) is 5.11 Å². The summed E-state index contributed by atoms with van der Waals surface area (Å²) in [6.45, 7) is 7.56. The molecule has 0 aromatic heterocycles. The van der Waals surface area contributed by atoms with E-state index in [1.807, 2.05) is 31.2 Å². The summed E-state index contributed by atoms with van der Waals surface area (Å²) in [5.74, 6) is 1.07. The quantitative estimate of drug-likeness (QED) is 0.406. The Kier molecular flexibility index (Phi) is 8.75. The van der Waals surface area contributed by atoms with Crippen molar-refractivity contribution in [2.24, 2.45) is 5.92 Å². The van der Waals surface area contributed by atoms with Crippen molar-refractivity contribution in [3.05, 3.63) is 35.9 Å². The number of nitrogens with one attached hydrogen (secondary N) is 3. The van der Waals surface area contributed by atoms with Crippen molar-refractivity contribution < 1.29 is 9.53 Å². The molecule has 1 aromatic carbocycles. The Labute approximate surface area is 143 Å². The third-order valence-corrected chi connectivity index (χ3v) is 3.19. The van der Waals surface area contributed by atoms with Crippen molar-refractivity contribution >= 4 is 29.3 Å². The minimum absolute atomic E-state index is 0.288. The number of hydrazine groups is 1. The average molecular weight is 335 g/mol. The maximum atomic E-state index is 11.8. The highest BCUT2D eigenvalue weighted by Gasteiger charge is 2.01. The van der Waals surface area contributed by atoms with Crippen LogP contribution in [-0.4, -0.2) is 24.2 Å². The first-order valence-corrected chi connectivity index (χ1v) is 8.17. The van der Waals surface area contributed by atoms with Crippen molar-refractivity contribution in [2.75, 3.05) is 13.2 Å². The van der Waals surface area contributed by atoms with E-state index in [2.05, 4.69) is 30.0 Å². The van der Waals surface area contributed by atoms with E-state index in [4.69, 9.17) is 17.0 Å². The van der Waals surface area contributed by atoms with Gasteiger partial charge in [-0.25, -0.2) is 0 Å². The highest BCUT2D eigenvalue weighted by Crippen LogP contribution is 2.19. The largest absolute Gasteiger partial charge is 0.493 e. The molecule has 0 aliphatic carbocycles. The highest BCUT2D eigenvalue weighted by atomic mass is 32.1. The fraction of sp³-hybridized carbons (Fsp3) is 0.412. The molecule has 3 N–H and O–H groups in total. The second-order valence-electron chi connectivity index (χ2n) is 5.36. The number of hydrogen-bond donors (Lipinski definition) is 3. The zero-order chi connectivity index (χ0) is 17.1. The first-order chi connectivity index (χ1) is 11.0. The zero-order valence-corrected chi connectivity index (χ0v) is 14.7. The van der Waals surface area contributed by atoms with Crippen molar-refractivity contribution in [1.82, 2.24) is 16.2 Å². The van der Waals surface area contributed by atoms with Crippen LogP contribution < -0.4 is 20.9 Å². The second kappa shape index (κ2) is 10.6. The normalized spacial score (nSPS) is 10.6. The van der Waals surface area contributed by atoms with Gasteiger partial charge in [-0.3, -0.25) is 15.6 Å². The first kappa shape index (κ1) is 19.0. The molecule has 0 atom stereocenters. The fourth-order valence-electron chi connectivity index (χ4n) is 1.75. The zero-order valence-electron chi connectivity index (χ0n) is 13.9. The van der Waals surface area contributed by atoms with Crippen LogP contribution in [0.4, 0.5) is 0 Å². The Morgan fingerprint density at radius 1 is 1.30 bits per heavy atom. The van der Waals surface area contributed by atoms with E-state index >= 15 is 0 Å². The van der Waals surface area contributed by atoms with Gasteiger partial charge in [0, 0.05) is 18.2 Å². The molecule has 0 unspecified atom stereocenters. The molecule has 1 rings (SSSR count). The molecular formula is C17H25N3O2S. The summed E-state index contributed by atoms with van der Waals surface area (Å²) in [5, 5.41) is 3.44. The lowest BCUT2D eigenvalue weighted by molar-refractivity contribution is -0.116. The Bertz CT molecular complexity index is 544. The van der Waals surface area contributed by atoms with E-state index in [0.29, 0.717) is 17.6 Å². The van der Waals surface area contributed by atoms with Gasteiger partial charge >= 0.3 is 0 Å². The SMILES string of the molecule is CCOc1ccccc1/C=C/C(=O)NNC(=S)NCCC(C)C. The third-order valence-electron chi connectivity index (χ3n) is 2.94. The van der Waals surface area contributed by atoms with Crippen LogP contribution in [0.15, 0.2) is 30.3 Å². The van der Waals surface area contributed by atoms with Crippen LogP contribution in [-0.2, 0) is 4.79 Å². The lowest BCUT2D eigenvalue weighted by atomic mass is 10.1. The molecule has 1 amide bonds. The van der Waals surface area contributed by atoms with E-state index < -0.39 is 0 Å². The highest BCUT2D eigenvalue weighted by molar-refractivity contribution is 7.80. The molecule has 1 aromatic rings. The summed E-state index contributed by atoms with van der Waals surface area (Å²) >= 11 is 5.08. The summed E-state index contributed by atoms with van der Waals surface area (Å²) in [5.41, 5.74) is 6.04. The van der Waals surface area contributed by atoms with Gasteiger partial charge in [-0.2, -0.15) is 0 Å². The minimum atomic E-state index is -0.288. The molecule has 0 spiro atoms. The predicted molar refractivity (Wildman–Crippen MR) is 98.0 cm³/mol. The molecule has 126 valence electrons. The van der Waals surface area contributed by atoms with Gasteiger partial charge in [0.2, 0.25) is 0 Å². The molecule has 0 heterocycles. The average Bonchev–Trinajstić information content (AvgIpc) is 2.52. The van der Waals surface area contributed by atoms with Crippen LogP contribution in [0.3, 0.4) is 0 Å². The summed E-state index contributed by atoms with van der Waals surface area (Å²) in [7, 11) is 0. The minimum Gasteiger partial charge on any atom is -0.493 e. The number of thiocarbonyl (C=S) groups is 1. The maximum absolute atomic E-state index is 11.8. The summed E-state index contributed by atoms with van der Waals surface area (Å²) < 4.78 is 5.50. The van der Waals surface area contributed by atoms with Gasteiger partial charge in [-0.1, -0.05) is 32.0 Å². The van der Waals surface area contributed by atoms with E-state index in [9.17, 15) is 4.79 Å². The number of hydrogen-bond acceptors (Lipinski definition) is 3. The van der Waals surface area contributed by atoms with Crippen molar-refractivity contribution in [3.8, 4) is 5.75 Å². The van der Waals surface area contributed by atoms with E-state index in [1.165, 1.54) is 6.08 Å². The molecule has 5 nitrogen and oxygen atoms in total. The number of carbonyl (C=O) groups is 1. The van der Waals surface area contributed by atoms with Crippen LogP contribution >= 0.6 is 12.2 Å². The first-order valence-electron chi connectivity index (χ1n) is 7.76. The molecular weight excluding hydrogens is 310 g/mol. The topological polar surface area (TPSA) is 62.4 Å². The van der Waals surface area contributed by atoms with Crippen LogP contribution in [0.2, 0.25) is 0 Å². The number of carbonyl (C=O) groups excluding carboxylic acids is 1. The Balaban J connectivity index is 2.40. The molecule has 0 fully saturated rings. The molecule has 0 bridgehead atoms. The number of amides is 1. The Morgan fingerprint density at radius 2 is 2.04 bits per heavy atom. The fourth-order valence-corrected chi connectivity index (χ4v) is 1.90. The van der Waals surface area contributed by atoms with Crippen LogP contribution in [0, 0.1) is 5.92 Å². The van der Waals surface area contributed by atoms with Gasteiger partial charge in [0.05, 0.1) is 6.61 Å². The predicted octanol–water partition coefficient (Wildman–Crippen LogP) is 2.64. The molecule has 0 saturated heterocycles. The lowest BCUT2D eigenvalue weighted by Gasteiger charge is -2.11. The second-order valence-corrected chi connectivity index (χ2v) is 5.77. The number of ether oxygens (including phenoxy) is 1. The van der Waals surface area contributed by atoms with E-state index in [-0.39, 0.29) is 5.91 Å². The Morgan fingerprint density at radius 3 is 2.74 bits per heavy atom. The molecule has 0 aliphatic heterocycles. The van der Waals surface area contributed by atoms with E-state index in [1.54, 1.807) is 6.08 Å². The van der Waals surface area contributed by atoms with Gasteiger partial charge in [-0.05, 0) is 43.6 Å². The van der Waals surface area contributed by atoms with Gasteiger partial charge in [-0.15, -0.1) is 0 Å². The molecule has 0 saturated carbocycles. The maximum Gasteiger partial charge on any atom is 0.262 e. The smallest absolute Gasteiger partial charge is 0.262 e. The summed E-state index contributed by atoms with van der Waals surface area (Å²) in [6.07, 6.45) is 4.16. The number of para-hydroxylation sites is 1. The van der Waals surface area contributed by atoms with Crippen LogP contribution in [0.25, 0.3) is 6.08 Å². The molecule has 23 heavy (non-hydrogen) atoms. The number of rotatable bonds is 7.